The highest BCUT2D eigenvalue weighted by molar-refractivity contribution is 5.33. The lowest BCUT2D eigenvalue weighted by Crippen LogP contribution is -2.22. The van der Waals surface area contributed by atoms with Crippen LogP contribution in [0.3, 0.4) is 0 Å². The lowest BCUT2D eigenvalue weighted by Gasteiger charge is -2.25. The smallest absolute Gasteiger partial charge is 0.120 e. The van der Waals surface area contributed by atoms with Crippen LogP contribution in [0.4, 0.5) is 0 Å². The molecular weight excluding hydrogens is 258 g/mol. The van der Waals surface area contributed by atoms with Gasteiger partial charge in [0.25, 0.3) is 0 Å². The summed E-state index contributed by atoms with van der Waals surface area (Å²) in [5, 5.41) is 3.44. The largest absolute Gasteiger partial charge is 0.491 e. The minimum atomic E-state index is 0.194. The Hall–Kier alpha value is -1.80. The Morgan fingerprint density at radius 2 is 1.52 bits per heavy atom. The molecule has 0 heterocycles. The van der Waals surface area contributed by atoms with Crippen molar-refractivity contribution >= 4 is 0 Å². The molecule has 21 heavy (non-hydrogen) atoms. The number of hydrogen-bond donors (Lipinski definition) is 1. The normalized spacial score (nSPS) is 14.0. The van der Waals surface area contributed by atoms with E-state index in [9.17, 15) is 0 Å². The van der Waals surface area contributed by atoms with E-state index < -0.39 is 0 Å². The Balaban J connectivity index is 2.25. The van der Waals surface area contributed by atoms with E-state index in [2.05, 4.69) is 74.6 Å². The van der Waals surface area contributed by atoms with E-state index in [1.807, 2.05) is 13.1 Å². The van der Waals surface area contributed by atoms with Crippen LogP contribution in [-0.2, 0) is 0 Å². The van der Waals surface area contributed by atoms with Crippen LogP contribution in [0.2, 0.25) is 0 Å². The Morgan fingerprint density at radius 3 is 2.14 bits per heavy atom. The summed E-state index contributed by atoms with van der Waals surface area (Å²) in [4.78, 5) is 0. The molecule has 0 aromatic heterocycles. The van der Waals surface area contributed by atoms with Crippen LogP contribution in [0.15, 0.2) is 54.6 Å². The highest BCUT2D eigenvalue weighted by Crippen LogP contribution is 2.31. The van der Waals surface area contributed by atoms with Crippen molar-refractivity contribution in [2.24, 2.45) is 0 Å². The van der Waals surface area contributed by atoms with E-state index in [1.54, 1.807) is 0 Å². The molecule has 0 aliphatic carbocycles. The van der Waals surface area contributed by atoms with Crippen molar-refractivity contribution in [2.45, 2.75) is 38.8 Å². The molecule has 2 rings (SSSR count). The van der Waals surface area contributed by atoms with Crippen molar-refractivity contribution in [3.8, 4) is 5.75 Å². The third-order valence-corrected chi connectivity index (χ3v) is 3.73. The predicted molar refractivity (Wildman–Crippen MR) is 88.9 cm³/mol. The van der Waals surface area contributed by atoms with Gasteiger partial charge in [0, 0.05) is 12.0 Å². The molecule has 2 aromatic rings. The molecule has 0 radical (unpaired) electrons. The first-order chi connectivity index (χ1) is 10.1. The van der Waals surface area contributed by atoms with Crippen molar-refractivity contribution in [1.82, 2.24) is 5.32 Å². The monoisotopic (exact) mass is 283 g/mol. The molecule has 0 saturated carbocycles. The van der Waals surface area contributed by atoms with Crippen LogP contribution >= 0.6 is 0 Å². The second-order valence-electron chi connectivity index (χ2n) is 5.70. The summed E-state index contributed by atoms with van der Waals surface area (Å²) in [5.41, 5.74) is 2.60. The summed E-state index contributed by atoms with van der Waals surface area (Å²) in [7, 11) is 2.01. The maximum atomic E-state index is 5.81. The van der Waals surface area contributed by atoms with E-state index in [1.165, 1.54) is 11.1 Å². The van der Waals surface area contributed by atoms with Gasteiger partial charge in [0.2, 0.25) is 0 Å². The van der Waals surface area contributed by atoms with E-state index in [4.69, 9.17) is 4.74 Å². The average Bonchev–Trinajstić information content (AvgIpc) is 2.48. The predicted octanol–water partition coefficient (Wildman–Crippen LogP) is 4.54. The molecule has 1 N–H and O–H groups in total. The van der Waals surface area contributed by atoms with Gasteiger partial charge in [-0.05, 0) is 44.2 Å². The van der Waals surface area contributed by atoms with Gasteiger partial charge in [0.05, 0.1) is 6.10 Å². The molecule has 2 heteroatoms. The van der Waals surface area contributed by atoms with Crippen LogP contribution in [0.1, 0.15) is 43.9 Å². The zero-order valence-corrected chi connectivity index (χ0v) is 13.3. The first-order valence-electron chi connectivity index (χ1n) is 7.60. The number of ether oxygens (including phenoxy) is 1. The molecule has 2 unspecified atom stereocenters. The molecular formula is C19H25NO. The standard InChI is InChI=1S/C19H25NO/c1-14(2)21-18-12-8-11-17(13-18)19(20-4)15(3)16-9-6-5-7-10-16/h5-15,19-20H,1-4H3. The van der Waals surface area contributed by atoms with Gasteiger partial charge in [-0.15, -0.1) is 0 Å². The van der Waals surface area contributed by atoms with Crippen LogP contribution in [-0.4, -0.2) is 13.2 Å². The van der Waals surface area contributed by atoms with E-state index in [-0.39, 0.29) is 12.1 Å². The summed E-state index contributed by atoms with van der Waals surface area (Å²) in [6.45, 7) is 6.36. The molecule has 112 valence electrons. The quantitative estimate of drug-likeness (QED) is 0.840. The molecule has 0 fully saturated rings. The molecule has 0 saturated heterocycles. The van der Waals surface area contributed by atoms with Crippen LogP contribution in [0, 0.1) is 0 Å². The van der Waals surface area contributed by atoms with Crippen molar-refractivity contribution in [3.05, 3.63) is 65.7 Å². The Kier molecular flexibility index (Phi) is 5.40. The Bertz CT molecular complexity index is 551. The van der Waals surface area contributed by atoms with Gasteiger partial charge in [0.15, 0.2) is 0 Å². The second kappa shape index (κ2) is 7.28. The summed E-state index contributed by atoms with van der Waals surface area (Å²) in [5.74, 6) is 1.33. The highest BCUT2D eigenvalue weighted by Gasteiger charge is 2.19. The third-order valence-electron chi connectivity index (χ3n) is 3.73. The van der Waals surface area contributed by atoms with E-state index in [0.29, 0.717) is 5.92 Å². The topological polar surface area (TPSA) is 21.3 Å². The molecule has 0 aliphatic rings. The summed E-state index contributed by atoms with van der Waals surface area (Å²) < 4.78 is 5.81. The lowest BCUT2D eigenvalue weighted by atomic mass is 9.88. The fourth-order valence-corrected chi connectivity index (χ4v) is 2.71. The van der Waals surface area contributed by atoms with Crippen LogP contribution < -0.4 is 10.1 Å². The number of likely N-dealkylation sites (N-methyl/N-ethyl adjacent to an activating group) is 1. The summed E-state index contributed by atoms with van der Waals surface area (Å²) in [6.07, 6.45) is 0.194. The van der Waals surface area contributed by atoms with Gasteiger partial charge >= 0.3 is 0 Å². The maximum Gasteiger partial charge on any atom is 0.120 e. The van der Waals surface area contributed by atoms with Crippen molar-refractivity contribution in [1.29, 1.82) is 0 Å². The number of benzene rings is 2. The molecule has 2 aromatic carbocycles. The Labute approximate surface area is 128 Å². The zero-order chi connectivity index (χ0) is 15.2. The number of hydrogen-bond acceptors (Lipinski definition) is 2. The Morgan fingerprint density at radius 1 is 0.857 bits per heavy atom. The number of rotatable bonds is 6. The molecule has 0 bridgehead atoms. The summed E-state index contributed by atoms with van der Waals surface area (Å²) in [6, 6.07) is 19.3. The van der Waals surface area contributed by atoms with E-state index in [0.717, 1.165) is 5.75 Å². The molecule has 0 amide bonds. The third kappa shape index (κ3) is 4.08. The van der Waals surface area contributed by atoms with Gasteiger partial charge in [-0.25, -0.2) is 0 Å². The van der Waals surface area contributed by atoms with E-state index >= 15 is 0 Å². The minimum Gasteiger partial charge on any atom is -0.491 e. The first-order valence-corrected chi connectivity index (χ1v) is 7.60. The first kappa shape index (κ1) is 15.6. The van der Waals surface area contributed by atoms with Crippen LogP contribution in [0.25, 0.3) is 0 Å². The molecule has 0 aliphatic heterocycles. The fourth-order valence-electron chi connectivity index (χ4n) is 2.71. The zero-order valence-electron chi connectivity index (χ0n) is 13.3. The SMILES string of the molecule is CNC(c1cccc(OC(C)C)c1)C(C)c1ccccc1. The molecule has 2 atom stereocenters. The maximum absolute atomic E-state index is 5.81. The van der Waals surface area contributed by atoms with Crippen molar-refractivity contribution in [3.63, 3.8) is 0 Å². The van der Waals surface area contributed by atoms with Gasteiger partial charge in [-0.3, -0.25) is 0 Å². The average molecular weight is 283 g/mol. The number of nitrogens with one attached hydrogen (secondary N) is 1. The lowest BCUT2D eigenvalue weighted by molar-refractivity contribution is 0.242. The van der Waals surface area contributed by atoms with Gasteiger partial charge in [-0.1, -0.05) is 49.4 Å². The minimum absolute atomic E-state index is 0.194. The molecule has 2 nitrogen and oxygen atoms in total. The fraction of sp³-hybridized carbons (Fsp3) is 0.368. The van der Waals surface area contributed by atoms with Crippen LogP contribution in [0.5, 0.6) is 5.75 Å². The van der Waals surface area contributed by atoms with Crippen molar-refractivity contribution in [2.75, 3.05) is 7.05 Å². The van der Waals surface area contributed by atoms with Gasteiger partial charge in [-0.2, -0.15) is 0 Å². The highest BCUT2D eigenvalue weighted by atomic mass is 16.5. The van der Waals surface area contributed by atoms with Gasteiger partial charge in [0.1, 0.15) is 5.75 Å². The molecule has 0 spiro atoms. The summed E-state index contributed by atoms with van der Waals surface area (Å²) >= 11 is 0. The second-order valence-corrected chi connectivity index (χ2v) is 5.70. The van der Waals surface area contributed by atoms with Crippen molar-refractivity contribution < 1.29 is 4.74 Å². The van der Waals surface area contributed by atoms with Gasteiger partial charge < -0.3 is 10.1 Å².